The van der Waals surface area contributed by atoms with Gasteiger partial charge in [-0.05, 0) is 30.7 Å². The van der Waals surface area contributed by atoms with Crippen LogP contribution in [0.15, 0.2) is 6.33 Å². The topological polar surface area (TPSA) is 51.8 Å². The smallest absolute Gasteiger partial charge is 0.135 e. The third-order valence-corrected chi connectivity index (χ3v) is 4.34. The van der Waals surface area contributed by atoms with E-state index in [0.717, 1.165) is 10.2 Å². The Morgan fingerprint density at radius 1 is 1.47 bits per heavy atom. The monoisotopic (exact) mass is 219 g/mol. The SMILES string of the molecule is C[C@@H]1CCCc2sc3ncnc(N)c3c21. The predicted molar refractivity (Wildman–Crippen MR) is 63.2 cm³/mol. The van der Waals surface area contributed by atoms with E-state index < -0.39 is 0 Å². The molecule has 2 N–H and O–H groups in total. The van der Waals surface area contributed by atoms with Crippen LogP contribution in [-0.4, -0.2) is 9.97 Å². The highest BCUT2D eigenvalue weighted by molar-refractivity contribution is 7.19. The minimum Gasteiger partial charge on any atom is -0.383 e. The van der Waals surface area contributed by atoms with Gasteiger partial charge in [0, 0.05) is 4.88 Å². The number of fused-ring (bicyclic) bond motifs is 3. The van der Waals surface area contributed by atoms with Crippen molar-refractivity contribution in [2.24, 2.45) is 0 Å². The highest BCUT2D eigenvalue weighted by atomic mass is 32.1. The molecule has 0 bridgehead atoms. The van der Waals surface area contributed by atoms with E-state index in [1.54, 1.807) is 17.7 Å². The number of rotatable bonds is 0. The lowest BCUT2D eigenvalue weighted by Gasteiger charge is -2.18. The molecule has 0 aromatic carbocycles. The van der Waals surface area contributed by atoms with E-state index in [1.807, 2.05) is 0 Å². The molecule has 1 atom stereocenters. The summed E-state index contributed by atoms with van der Waals surface area (Å²) >= 11 is 1.79. The van der Waals surface area contributed by atoms with Gasteiger partial charge in [0.2, 0.25) is 0 Å². The number of hydrogen-bond donors (Lipinski definition) is 1. The lowest BCUT2D eigenvalue weighted by atomic mass is 9.87. The van der Waals surface area contributed by atoms with Crippen molar-refractivity contribution >= 4 is 27.4 Å². The quantitative estimate of drug-likeness (QED) is 0.741. The number of nitrogens with zero attached hydrogens (tertiary/aromatic N) is 2. The average molecular weight is 219 g/mol. The summed E-state index contributed by atoms with van der Waals surface area (Å²) in [6.45, 7) is 2.27. The summed E-state index contributed by atoms with van der Waals surface area (Å²) in [5.74, 6) is 1.25. The minimum atomic E-state index is 0.607. The molecule has 3 nitrogen and oxygen atoms in total. The zero-order valence-electron chi connectivity index (χ0n) is 8.66. The van der Waals surface area contributed by atoms with Crippen molar-refractivity contribution < 1.29 is 0 Å². The molecule has 0 saturated carbocycles. The molecule has 0 amide bonds. The van der Waals surface area contributed by atoms with Gasteiger partial charge in [0.05, 0.1) is 5.39 Å². The van der Waals surface area contributed by atoms with Gasteiger partial charge in [0.1, 0.15) is 17.0 Å². The van der Waals surface area contributed by atoms with Gasteiger partial charge >= 0.3 is 0 Å². The van der Waals surface area contributed by atoms with Crippen LogP contribution < -0.4 is 5.73 Å². The molecule has 15 heavy (non-hydrogen) atoms. The summed E-state index contributed by atoms with van der Waals surface area (Å²) in [4.78, 5) is 10.9. The van der Waals surface area contributed by atoms with Crippen LogP contribution in [0.2, 0.25) is 0 Å². The Kier molecular flexibility index (Phi) is 1.92. The summed E-state index contributed by atoms with van der Waals surface area (Å²) in [6.07, 6.45) is 5.28. The summed E-state index contributed by atoms with van der Waals surface area (Å²) in [5.41, 5.74) is 7.36. The first kappa shape index (κ1) is 9.09. The second-order valence-electron chi connectivity index (χ2n) is 4.17. The van der Waals surface area contributed by atoms with Crippen LogP contribution >= 0.6 is 11.3 Å². The summed E-state index contributed by atoms with van der Waals surface area (Å²) < 4.78 is 0. The van der Waals surface area contributed by atoms with E-state index in [2.05, 4.69) is 16.9 Å². The van der Waals surface area contributed by atoms with Crippen LogP contribution in [-0.2, 0) is 6.42 Å². The molecule has 0 unspecified atom stereocenters. The lowest BCUT2D eigenvalue weighted by molar-refractivity contribution is 0.602. The van der Waals surface area contributed by atoms with Crippen LogP contribution in [0, 0.1) is 0 Å². The molecule has 0 fully saturated rings. The molecule has 0 saturated heterocycles. The molecule has 3 rings (SSSR count). The Labute approximate surface area is 92.4 Å². The maximum atomic E-state index is 5.94. The Morgan fingerprint density at radius 2 is 2.33 bits per heavy atom. The van der Waals surface area contributed by atoms with Gasteiger partial charge in [0.25, 0.3) is 0 Å². The number of nitrogen functional groups attached to an aromatic ring is 1. The standard InChI is InChI=1S/C11H13N3S/c1-6-3-2-4-7-8(6)9-10(12)13-5-14-11(9)15-7/h5-6H,2-4H2,1H3,(H2,12,13,14)/t6-/m1/s1. The Morgan fingerprint density at radius 3 is 3.20 bits per heavy atom. The van der Waals surface area contributed by atoms with Crippen LogP contribution in [0.5, 0.6) is 0 Å². The molecule has 2 heterocycles. The molecule has 2 aromatic heterocycles. The van der Waals surface area contributed by atoms with Crippen LogP contribution in [0.25, 0.3) is 10.2 Å². The first-order valence-corrected chi connectivity index (χ1v) is 6.10. The fourth-order valence-electron chi connectivity index (χ4n) is 2.44. The van der Waals surface area contributed by atoms with E-state index >= 15 is 0 Å². The fraction of sp³-hybridized carbons (Fsp3) is 0.455. The maximum Gasteiger partial charge on any atom is 0.135 e. The molecule has 78 valence electrons. The van der Waals surface area contributed by atoms with Gasteiger partial charge in [-0.2, -0.15) is 0 Å². The van der Waals surface area contributed by atoms with E-state index in [-0.39, 0.29) is 0 Å². The zero-order chi connectivity index (χ0) is 10.4. The molecule has 1 aliphatic carbocycles. The van der Waals surface area contributed by atoms with E-state index in [4.69, 9.17) is 5.73 Å². The van der Waals surface area contributed by atoms with Crippen molar-refractivity contribution in [2.45, 2.75) is 32.1 Å². The molecule has 0 radical (unpaired) electrons. The first-order valence-electron chi connectivity index (χ1n) is 5.29. The van der Waals surface area contributed by atoms with Crippen molar-refractivity contribution in [2.75, 3.05) is 5.73 Å². The average Bonchev–Trinajstić information content (AvgIpc) is 2.58. The van der Waals surface area contributed by atoms with Crippen LogP contribution in [0.4, 0.5) is 5.82 Å². The second-order valence-corrected chi connectivity index (χ2v) is 5.25. The normalized spacial score (nSPS) is 20.5. The van der Waals surface area contributed by atoms with Gasteiger partial charge < -0.3 is 5.73 Å². The fourth-order valence-corrected chi connectivity index (χ4v) is 3.75. The number of aromatic nitrogens is 2. The Bertz CT molecular complexity index is 518. The van der Waals surface area contributed by atoms with Gasteiger partial charge in [-0.1, -0.05) is 6.92 Å². The third kappa shape index (κ3) is 1.24. The lowest BCUT2D eigenvalue weighted by Crippen LogP contribution is -2.04. The minimum absolute atomic E-state index is 0.607. The zero-order valence-corrected chi connectivity index (χ0v) is 9.47. The highest BCUT2D eigenvalue weighted by Gasteiger charge is 2.23. The van der Waals surface area contributed by atoms with Gasteiger partial charge in [-0.3, -0.25) is 0 Å². The number of nitrogens with two attached hydrogens (primary N) is 1. The molecule has 0 aliphatic heterocycles. The van der Waals surface area contributed by atoms with Gasteiger partial charge in [-0.15, -0.1) is 11.3 Å². The van der Waals surface area contributed by atoms with E-state index in [0.29, 0.717) is 11.7 Å². The van der Waals surface area contributed by atoms with Crippen molar-refractivity contribution in [3.8, 4) is 0 Å². The molecular formula is C11H13N3S. The van der Waals surface area contributed by atoms with E-state index in [1.165, 1.54) is 29.7 Å². The largest absolute Gasteiger partial charge is 0.383 e. The third-order valence-electron chi connectivity index (χ3n) is 3.17. The van der Waals surface area contributed by atoms with Crippen LogP contribution in [0.1, 0.15) is 36.1 Å². The van der Waals surface area contributed by atoms with E-state index in [9.17, 15) is 0 Å². The first-order chi connectivity index (χ1) is 7.27. The molecule has 2 aromatic rings. The second kappa shape index (κ2) is 3.17. The highest BCUT2D eigenvalue weighted by Crippen LogP contribution is 2.42. The summed E-state index contributed by atoms with van der Waals surface area (Å²) in [7, 11) is 0. The number of anilines is 1. The van der Waals surface area contributed by atoms with Gasteiger partial charge in [-0.25, -0.2) is 9.97 Å². The molecule has 4 heteroatoms. The summed E-state index contributed by atoms with van der Waals surface area (Å²) in [6, 6.07) is 0. The number of aryl methyl sites for hydroxylation is 1. The van der Waals surface area contributed by atoms with Gasteiger partial charge in [0.15, 0.2) is 0 Å². The number of hydrogen-bond acceptors (Lipinski definition) is 4. The van der Waals surface area contributed by atoms with Crippen molar-refractivity contribution in [1.29, 1.82) is 0 Å². The maximum absolute atomic E-state index is 5.94. The Balaban J connectivity index is 2.38. The molecule has 1 aliphatic rings. The molecular weight excluding hydrogens is 206 g/mol. The summed E-state index contributed by atoms with van der Waals surface area (Å²) in [5, 5.41) is 1.12. The number of thiophene rings is 1. The van der Waals surface area contributed by atoms with Crippen LogP contribution in [0.3, 0.4) is 0 Å². The van der Waals surface area contributed by atoms with Crippen molar-refractivity contribution in [3.63, 3.8) is 0 Å². The Hall–Kier alpha value is -1.16. The van der Waals surface area contributed by atoms with Crippen molar-refractivity contribution in [3.05, 3.63) is 16.8 Å². The predicted octanol–water partition coefficient (Wildman–Crippen LogP) is 2.71. The molecule has 0 spiro atoms. The van der Waals surface area contributed by atoms with Crippen molar-refractivity contribution in [1.82, 2.24) is 9.97 Å².